The van der Waals surface area contributed by atoms with Crippen molar-refractivity contribution in [2.75, 3.05) is 43.1 Å². The van der Waals surface area contributed by atoms with E-state index in [1.807, 2.05) is 48.7 Å². The van der Waals surface area contributed by atoms with Gasteiger partial charge < -0.3 is 20.3 Å². The molecule has 0 saturated carbocycles. The second-order valence-corrected chi connectivity index (χ2v) is 8.02. The molecule has 32 heavy (non-hydrogen) atoms. The number of aromatic nitrogens is 1. The SMILES string of the molecule is Cc1ccc(CCN[C@H](C(=O)Nc2ccc(N3CCOCC3)cn2)c2ccccc2)cc1. The smallest absolute Gasteiger partial charge is 0.247 e. The number of pyridine rings is 1. The molecule has 1 aliphatic rings. The van der Waals surface area contributed by atoms with E-state index in [4.69, 9.17) is 4.74 Å². The summed E-state index contributed by atoms with van der Waals surface area (Å²) in [7, 11) is 0. The summed E-state index contributed by atoms with van der Waals surface area (Å²) in [5.74, 6) is 0.431. The summed E-state index contributed by atoms with van der Waals surface area (Å²) in [6, 6.07) is 21.7. The lowest BCUT2D eigenvalue weighted by Crippen LogP contribution is -2.36. The molecule has 4 rings (SSSR count). The summed E-state index contributed by atoms with van der Waals surface area (Å²) in [6.45, 7) is 5.94. The van der Waals surface area contributed by atoms with E-state index in [-0.39, 0.29) is 5.91 Å². The second kappa shape index (κ2) is 10.9. The molecule has 6 heteroatoms. The third-order valence-corrected chi connectivity index (χ3v) is 5.65. The molecule has 0 unspecified atom stereocenters. The average Bonchev–Trinajstić information content (AvgIpc) is 2.84. The normalized spacial score (nSPS) is 14.7. The van der Waals surface area contributed by atoms with Crippen molar-refractivity contribution in [2.45, 2.75) is 19.4 Å². The second-order valence-electron chi connectivity index (χ2n) is 8.02. The van der Waals surface area contributed by atoms with Crippen molar-refractivity contribution in [3.8, 4) is 0 Å². The lowest BCUT2D eigenvalue weighted by atomic mass is 10.1. The Hall–Kier alpha value is -3.22. The van der Waals surface area contributed by atoms with Crippen molar-refractivity contribution in [1.82, 2.24) is 10.3 Å². The summed E-state index contributed by atoms with van der Waals surface area (Å²) in [5.41, 5.74) is 4.46. The molecule has 166 valence electrons. The lowest BCUT2D eigenvalue weighted by molar-refractivity contribution is -0.118. The van der Waals surface area contributed by atoms with Crippen LogP contribution in [-0.4, -0.2) is 43.7 Å². The van der Waals surface area contributed by atoms with Crippen molar-refractivity contribution in [1.29, 1.82) is 0 Å². The molecule has 2 aromatic carbocycles. The number of morpholine rings is 1. The van der Waals surface area contributed by atoms with E-state index < -0.39 is 6.04 Å². The molecule has 1 amide bonds. The van der Waals surface area contributed by atoms with Gasteiger partial charge >= 0.3 is 0 Å². The Morgan fingerprint density at radius 2 is 1.78 bits per heavy atom. The third-order valence-electron chi connectivity index (χ3n) is 5.65. The van der Waals surface area contributed by atoms with Gasteiger partial charge in [-0.1, -0.05) is 60.2 Å². The number of aryl methyl sites for hydroxylation is 1. The molecule has 2 heterocycles. The highest BCUT2D eigenvalue weighted by Gasteiger charge is 2.20. The molecule has 0 spiro atoms. The van der Waals surface area contributed by atoms with Crippen molar-refractivity contribution in [2.24, 2.45) is 0 Å². The summed E-state index contributed by atoms with van der Waals surface area (Å²) < 4.78 is 5.41. The van der Waals surface area contributed by atoms with E-state index in [0.29, 0.717) is 12.4 Å². The molecule has 3 aromatic rings. The van der Waals surface area contributed by atoms with E-state index >= 15 is 0 Å². The molecule has 6 nitrogen and oxygen atoms in total. The molecule has 2 N–H and O–H groups in total. The number of rotatable bonds is 8. The minimum absolute atomic E-state index is 0.119. The number of hydrogen-bond acceptors (Lipinski definition) is 5. The summed E-state index contributed by atoms with van der Waals surface area (Å²) in [4.78, 5) is 19.8. The van der Waals surface area contributed by atoms with Crippen molar-refractivity contribution in [3.05, 3.63) is 89.6 Å². The first-order valence-electron chi connectivity index (χ1n) is 11.1. The maximum absolute atomic E-state index is 13.1. The molecule has 1 atom stereocenters. The zero-order valence-electron chi connectivity index (χ0n) is 18.5. The van der Waals surface area contributed by atoms with Crippen LogP contribution in [0.4, 0.5) is 11.5 Å². The minimum Gasteiger partial charge on any atom is -0.378 e. The van der Waals surface area contributed by atoms with Gasteiger partial charge in [-0.05, 0) is 36.6 Å². The van der Waals surface area contributed by atoms with Crippen LogP contribution in [0.25, 0.3) is 0 Å². The first-order valence-corrected chi connectivity index (χ1v) is 11.1. The fourth-order valence-corrected chi connectivity index (χ4v) is 3.79. The Kier molecular flexibility index (Phi) is 7.48. The summed E-state index contributed by atoms with van der Waals surface area (Å²) >= 11 is 0. The number of anilines is 2. The first kappa shape index (κ1) is 22.0. The molecule has 1 aliphatic heterocycles. The van der Waals surface area contributed by atoms with E-state index in [0.717, 1.165) is 44.0 Å². The van der Waals surface area contributed by atoms with Gasteiger partial charge in [0.15, 0.2) is 0 Å². The van der Waals surface area contributed by atoms with E-state index in [9.17, 15) is 4.79 Å². The van der Waals surface area contributed by atoms with Crippen LogP contribution in [0.5, 0.6) is 0 Å². The lowest BCUT2D eigenvalue weighted by Gasteiger charge is -2.28. The van der Waals surface area contributed by atoms with Crippen molar-refractivity contribution < 1.29 is 9.53 Å². The monoisotopic (exact) mass is 430 g/mol. The number of nitrogens with one attached hydrogen (secondary N) is 2. The fraction of sp³-hybridized carbons (Fsp3) is 0.308. The molecule has 1 saturated heterocycles. The summed E-state index contributed by atoms with van der Waals surface area (Å²) in [5, 5.41) is 6.39. The molecule has 0 bridgehead atoms. The van der Waals surface area contributed by atoms with Gasteiger partial charge in [0.25, 0.3) is 0 Å². The van der Waals surface area contributed by atoms with Crippen LogP contribution in [0.15, 0.2) is 72.9 Å². The summed E-state index contributed by atoms with van der Waals surface area (Å²) in [6.07, 6.45) is 2.66. The van der Waals surface area contributed by atoms with Crippen molar-refractivity contribution in [3.63, 3.8) is 0 Å². The number of benzene rings is 2. The van der Waals surface area contributed by atoms with Crippen LogP contribution in [-0.2, 0) is 16.0 Å². The Morgan fingerprint density at radius 3 is 2.47 bits per heavy atom. The number of hydrogen-bond donors (Lipinski definition) is 2. The number of carbonyl (C=O) groups excluding carboxylic acids is 1. The number of nitrogens with zero attached hydrogens (tertiary/aromatic N) is 2. The Bertz CT molecular complexity index is 985. The van der Waals surface area contributed by atoms with Crippen LogP contribution in [0, 0.1) is 6.92 Å². The quantitative estimate of drug-likeness (QED) is 0.570. The number of carbonyl (C=O) groups is 1. The largest absolute Gasteiger partial charge is 0.378 e. The average molecular weight is 431 g/mol. The molecule has 1 aromatic heterocycles. The Balaban J connectivity index is 1.40. The Morgan fingerprint density at radius 1 is 1.03 bits per heavy atom. The number of amides is 1. The maximum atomic E-state index is 13.1. The van der Waals surface area contributed by atoms with E-state index in [1.165, 1.54) is 11.1 Å². The van der Waals surface area contributed by atoms with E-state index in [2.05, 4.69) is 51.7 Å². The molecule has 0 aliphatic carbocycles. The van der Waals surface area contributed by atoms with Gasteiger partial charge in [-0.2, -0.15) is 0 Å². The first-order chi connectivity index (χ1) is 15.7. The van der Waals surface area contributed by atoms with Crippen LogP contribution >= 0.6 is 0 Å². The van der Waals surface area contributed by atoms with Crippen molar-refractivity contribution >= 4 is 17.4 Å². The van der Waals surface area contributed by atoms with E-state index in [1.54, 1.807) is 0 Å². The minimum atomic E-state index is -0.456. The van der Waals surface area contributed by atoms with Crippen LogP contribution in [0.1, 0.15) is 22.7 Å². The molecular formula is C26H30N4O2. The maximum Gasteiger partial charge on any atom is 0.247 e. The molecule has 1 fully saturated rings. The zero-order chi connectivity index (χ0) is 22.2. The standard InChI is InChI=1S/C26H30N4O2/c1-20-7-9-21(10-8-20)13-14-27-25(22-5-3-2-4-6-22)26(31)29-24-12-11-23(19-28-24)30-15-17-32-18-16-30/h2-12,19,25,27H,13-18H2,1H3,(H,28,29,31)/t25-/m0/s1. The third kappa shape index (κ3) is 5.93. The van der Waals surface area contributed by atoms with Crippen LogP contribution < -0.4 is 15.5 Å². The van der Waals surface area contributed by atoms with Gasteiger partial charge in [0.2, 0.25) is 5.91 Å². The van der Waals surface area contributed by atoms with Gasteiger partial charge in [0.05, 0.1) is 25.1 Å². The topological polar surface area (TPSA) is 66.5 Å². The van der Waals surface area contributed by atoms with Gasteiger partial charge in [0.1, 0.15) is 11.9 Å². The van der Waals surface area contributed by atoms with Gasteiger partial charge in [-0.25, -0.2) is 4.98 Å². The highest BCUT2D eigenvalue weighted by atomic mass is 16.5. The highest BCUT2D eigenvalue weighted by molar-refractivity contribution is 5.94. The Labute approximate surface area is 189 Å². The highest BCUT2D eigenvalue weighted by Crippen LogP contribution is 2.19. The van der Waals surface area contributed by atoms with Gasteiger partial charge in [-0.3, -0.25) is 4.79 Å². The predicted octanol–water partition coefficient (Wildman–Crippen LogP) is 3.74. The van der Waals surface area contributed by atoms with Crippen LogP contribution in [0.2, 0.25) is 0 Å². The molecule has 0 radical (unpaired) electrons. The molecular weight excluding hydrogens is 400 g/mol. The predicted molar refractivity (Wildman–Crippen MR) is 128 cm³/mol. The van der Waals surface area contributed by atoms with Gasteiger partial charge in [-0.15, -0.1) is 0 Å². The van der Waals surface area contributed by atoms with Crippen LogP contribution in [0.3, 0.4) is 0 Å². The fourth-order valence-electron chi connectivity index (χ4n) is 3.79. The zero-order valence-corrected chi connectivity index (χ0v) is 18.5. The van der Waals surface area contributed by atoms with Gasteiger partial charge in [0, 0.05) is 19.6 Å². The number of ether oxygens (including phenoxy) is 1.